The first-order chi connectivity index (χ1) is 20.6. The molecule has 4 aromatic rings. The van der Waals surface area contributed by atoms with Gasteiger partial charge in [-0.2, -0.15) is 0 Å². The molecular formula is C34H37ClN4O4. The fourth-order valence-electron chi connectivity index (χ4n) is 6.02. The maximum atomic E-state index is 14.0. The van der Waals surface area contributed by atoms with Gasteiger partial charge in [-0.15, -0.1) is 0 Å². The zero-order valence-corrected chi connectivity index (χ0v) is 25.9. The first kappa shape index (κ1) is 29.1. The Balaban J connectivity index is 1.28. The van der Waals surface area contributed by atoms with Crippen molar-refractivity contribution in [3.05, 3.63) is 82.6 Å². The molecule has 1 unspecified atom stereocenters. The third-order valence-electron chi connectivity index (χ3n) is 8.05. The van der Waals surface area contributed by atoms with Crippen LogP contribution in [-0.4, -0.2) is 56.8 Å². The minimum absolute atomic E-state index is 0.0264. The van der Waals surface area contributed by atoms with Gasteiger partial charge in [-0.05, 0) is 100 Å². The van der Waals surface area contributed by atoms with Crippen LogP contribution < -0.4 is 4.74 Å². The molecule has 43 heavy (non-hydrogen) atoms. The number of hydrogen-bond donors (Lipinski definition) is 0. The van der Waals surface area contributed by atoms with Gasteiger partial charge in [-0.1, -0.05) is 35.9 Å². The number of ether oxygens (including phenoxy) is 2. The summed E-state index contributed by atoms with van der Waals surface area (Å²) >= 11 is 6.14. The Hall–Kier alpha value is -4.04. The van der Waals surface area contributed by atoms with Crippen molar-refractivity contribution in [3.8, 4) is 16.9 Å². The molecule has 3 aromatic carbocycles. The van der Waals surface area contributed by atoms with Crippen molar-refractivity contribution in [1.29, 1.82) is 0 Å². The van der Waals surface area contributed by atoms with E-state index in [1.54, 1.807) is 6.92 Å². The number of benzene rings is 3. The van der Waals surface area contributed by atoms with Crippen LogP contribution in [0.4, 0.5) is 9.59 Å². The van der Waals surface area contributed by atoms with Crippen molar-refractivity contribution in [2.45, 2.75) is 65.1 Å². The van der Waals surface area contributed by atoms with E-state index in [1.807, 2.05) is 85.2 Å². The van der Waals surface area contributed by atoms with Gasteiger partial charge in [0.15, 0.2) is 0 Å². The number of carbonyl (C=O) groups is 2. The number of urea groups is 1. The van der Waals surface area contributed by atoms with Gasteiger partial charge < -0.3 is 19.3 Å². The second-order valence-corrected chi connectivity index (χ2v) is 12.7. The normalized spacial score (nSPS) is 17.3. The van der Waals surface area contributed by atoms with Gasteiger partial charge in [0.1, 0.15) is 23.8 Å². The molecule has 0 saturated carbocycles. The van der Waals surface area contributed by atoms with Crippen LogP contribution in [0.5, 0.6) is 5.75 Å². The first-order valence-electron chi connectivity index (χ1n) is 14.9. The Kier molecular flexibility index (Phi) is 7.81. The molecule has 0 N–H and O–H groups in total. The molecule has 0 radical (unpaired) electrons. The van der Waals surface area contributed by atoms with Crippen LogP contribution in [0.25, 0.3) is 22.2 Å². The van der Waals surface area contributed by atoms with Crippen LogP contribution in [0.15, 0.2) is 60.7 Å². The predicted octanol–water partition coefficient (Wildman–Crippen LogP) is 7.99. The maximum Gasteiger partial charge on any atom is 0.420 e. The molecule has 0 aliphatic carbocycles. The van der Waals surface area contributed by atoms with E-state index >= 15 is 0 Å². The monoisotopic (exact) mass is 600 g/mol. The smallest absolute Gasteiger partial charge is 0.420 e. The van der Waals surface area contributed by atoms with E-state index in [1.165, 1.54) is 4.57 Å². The van der Waals surface area contributed by atoms with Gasteiger partial charge in [-0.3, -0.25) is 0 Å². The van der Waals surface area contributed by atoms with E-state index in [2.05, 4.69) is 11.1 Å². The lowest BCUT2D eigenvalue weighted by atomic mass is 9.95. The molecule has 8 nitrogen and oxygen atoms in total. The van der Waals surface area contributed by atoms with Crippen molar-refractivity contribution >= 4 is 34.8 Å². The summed E-state index contributed by atoms with van der Waals surface area (Å²) in [6, 6.07) is 19.8. The summed E-state index contributed by atoms with van der Waals surface area (Å²) in [5, 5.41) is 0.693. The number of imidazole rings is 1. The average molecular weight is 601 g/mol. The molecule has 9 heteroatoms. The Morgan fingerprint density at radius 3 is 2.49 bits per heavy atom. The summed E-state index contributed by atoms with van der Waals surface area (Å²) in [7, 11) is 0. The molecule has 2 aliphatic heterocycles. The second kappa shape index (κ2) is 11.6. The number of likely N-dealkylation sites (tertiary alicyclic amines) is 1. The average Bonchev–Trinajstić information content (AvgIpc) is 3.16. The third kappa shape index (κ3) is 6.07. The lowest BCUT2D eigenvalue weighted by molar-refractivity contribution is 0.0540. The summed E-state index contributed by atoms with van der Waals surface area (Å²) in [5.41, 5.74) is 4.74. The van der Waals surface area contributed by atoms with Crippen LogP contribution in [-0.2, 0) is 11.3 Å². The summed E-state index contributed by atoms with van der Waals surface area (Å²) in [6.07, 6.45) is 2.55. The minimum Gasteiger partial charge on any atom is -0.491 e. The zero-order valence-electron chi connectivity index (χ0n) is 25.1. The number of rotatable bonds is 2. The molecule has 1 fully saturated rings. The number of halogens is 1. The fourth-order valence-corrected chi connectivity index (χ4v) is 6.15. The van der Waals surface area contributed by atoms with Crippen LogP contribution in [0.3, 0.4) is 0 Å². The molecule has 1 atom stereocenters. The summed E-state index contributed by atoms with van der Waals surface area (Å²) in [6.45, 7) is 9.45. The summed E-state index contributed by atoms with van der Waals surface area (Å²) < 4.78 is 13.3. The molecule has 0 spiro atoms. The number of aromatic nitrogens is 2. The highest BCUT2D eigenvalue weighted by Crippen LogP contribution is 2.35. The van der Waals surface area contributed by atoms with Crippen molar-refractivity contribution < 1.29 is 19.1 Å². The number of nitrogens with zero attached hydrogens (tertiary/aromatic N) is 4. The predicted molar refractivity (Wildman–Crippen MR) is 168 cm³/mol. The van der Waals surface area contributed by atoms with Crippen molar-refractivity contribution in [3.63, 3.8) is 0 Å². The lowest BCUT2D eigenvalue weighted by Gasteiger charge is -2.39. The maximum absolute atomic E-state index is 14.0. The highest BCUT2D eigenvalue weighted by Gasteiger charge is 2.32. The fraction of sp³-hybridized carbons (Fsp3) is 0.382. The number of piperidine rings is 1. The number of aryl methyl sites for hydroxylation is 1. The van der Waals surface area contributed by atoms with Gasteiger partial charge in [0, 0.05) is 17.1 Å². The Morgan fingerprint density at radius 1 is 0.977 bits per heavy atom. The number of fused-ring (bicyclic) bond motifs is 2. The number of hydrogen-bond acceptors (Lipinski definition) is 5. The topological polar surface area (TPSA) is 76.9 Å². The van der Waals surface area contributed by atoms with Gasteiger partial charge >= 0.3 is 12.1 Å². The second-order valence-electron chi connectivity index (χ2n) is 12.3. The number of amides is 2. The van der Waals surface area contributed by atoms with E-state index in [0.717, 1.165) is 59.3 Å². The molecule has 3 heterocycles. The van der Waals surface area contributed by atoms with Crippen LogP contribution in [0, 0.1) is 6.92 Å². The molecule has 1 aromatic heterocycles. The molecule has 2 aliphatic rings. The number of carbonyl (C=O) groups excluding carboxylic acids is 2. The molecule has 0 bridgehead atoms. The Bertz CT molecular complexity index is 1670. The Labute approximate surface area is 257 Å². The largest absolute Gasteiger partial charge is 0.491 e. The molecular weight excluding hydrogens is 564 g/mol. The van der Waals surface area contributed by atoms with E-state index < -0.39 is 11.7 Å². The first-order valence-corrected chi connectivity index (χ1v) is 15.2. The Morgan fingerprint density at radius 2 is 1.72 bits per heavy atom. The van der Waals surface area contributed by atoms with Gasteiger partial charge in [0.25, 0.3) is 0 Å². The van der Waals surface area contributed by atoms with Gasteiger partial charge in [-0.25, -0.2) is 19.1 Å². The SMILES string of the molecule is Cc1nc2ccc(-c3ccc4c(c3)CN(C(=O)N3CCCCC3c3ccc(Cl)cc3)CCO4)cc2n1C(=O)OC(C)(C)C. The van der Waals surface area contributed by atoms with Crippen molar-refractivity contribution in [2.75, 3.05) is 19.7 Å². The quantitative estimate of drug-likeness (QED) is 0.233. The van der Waals surface area contributed by atoms with Crippen LogP contribution >= 0.6 is 11.6 Å². The van der Waals surface area contributed by atoms with Crippen LogP contribution in [0.1, 0.15) is 63.0 Å². The standard InChI is InChI=1S/C34H37ClN4O4/c1-22-36-28-14-10-25(20-30(28)39(22)33(41)43-34(2,3)4)24-11-15-31-26(19-24)21-37(17-18-42-31)32(40)38-16-6-5-7-29(38)23-8-12-27(35)13-9-23/h8-15,19-20,29H,5-7,16-18,21H2,1-4H3. The van der Waals surface area contributed by atoms with Gasteiger partial charge in [0.2, 0.25) is 0 Å². The zero-order chi connectivity index (χ0) is 30.3. The summed E-state index contributed by atoms with van der Waals surface area (Å²) in [5.74, 6) is 1.35. The van der Waals surface area contributed by atoms with E-state index in [0.29, 0.717) is 36.1 Å². The molecule has 2 amide bonds. The highest BCUT2D eigenvalue weighted by atomic mass is 35.5. The third-order valence-corrected chi connectivity index (χ3v) is 8.30. The van der Waals surface area contributed by atoms with Gasteiger partial charge in [0.05, 0.1) is 30.2 Å². The molecule has 6 rings (SSSR count). The summed E-state index contributed by atoms with van der Waals surface area (Å²) in [4.78, 5) is 35.5. The van der Waals surface area contributed by atoms with Crippen molar-refractivity contribution in [2.24, 2.45) is 0 Å². The lowest BCUT2D eigenvalue weighted by Crippen LogP contribution is -2.47. The van der Waals surface area contributed by atoms with E-state index in [9.17, 15) is 9.59 Å². The van der Waals surface area contributed by atoms with E-state index in [4.69, 9.17) is 21.1 Å². The van der Waals surface area contributed by atoms with Crippen molar-refractivity contribution in [1.82, 2.24) is 19.4 Å². The van der Waals surface area contributed by atoms with Crippen LogP contribution in [0.2, 0.25) is 5.02 Å². The molecule has 1 saturated heterocycles. The highest BCUT2D eigenvalue weighted by molar-refractivity contribution is 6.30. The minimum atomic E-state index is -0.624. The van der Waals surface area contributed by atoms with E-state index in [-0.39, 0.29) is 12.1 Å². The molecule has 224 valence electrons.